The van der Waals surface area contributed by atoms with E-state index in [-0.39, 0.29) is 5.13 Å². The molecule has 1 heterocycles. The molecule has 0 fully saturated rings. The molecule has 15 heavy (non-hydrogen) atoms. The second kappa shape index (κ2) is 3.71. The summed E-state index contributed by atoms with van der Waals surface area (Å²) in [6, 6.07) is 10.1. The lowest BCUT2D eigenvalue weighted by molar-refractivity contribution is 0.657. The minimum atomic E-state index is -0.242. The molecule has 0 bridgehead atoms. The van der Waals surface area contributed by atoms with Gasteiger partial charge in [-0.2, -0.15) is 9.65 Å². The van der Waals surface area contributed by atoms with Crippen molar-refractivity contribution in [2.24, 2.45) is 0 Å². The van der Waals surface area contributed by atoms with E-state index in [1.807, 2.05) is 6.07 Å². The van der Waals surface area contributed by atoms with Gasteiger partial charge in [-0.3, -0.25) is 0 Å². The van der Waals surface area contributed by atoms with Crippen LogP contribution < -0.4 is 5.73 Å². The number of benzene rings is 1. The van der Waals surface area contributed by atoms with Crippen LogP contribution in [-0.2, 0) is 0 Å². The summed E-state index contributed by atoms with van der Waals surface area (Å²) in [4.78, 5) is 0.773. The van der Waals surface area contributed by atoms with Crippen LogP contribution in [0, 0.1) is 16.5 Å². The number of nitrogens with zero attached hydrogens (tertiary/aromatic N) is 1. The SMILES string of the molecule is N#Cc1ccc(-c2ccc(F)s2)c(N)c1. The van der Waals surface area contributed by atoms with E-state index in [1.165, 1.54) is 6.07 Å². The van der Waals surface area contributed by atoms with Gasteiger partial charge in [0, 0.05) is 16.1 Å². The fraction of sp³-hybridized carbons (Fsp3) is 0. The molecule has 2 rings (SSSR count). The van der Waals surface area contributed by atoms with Crippen molar-refractivity contribution in [1.82, 2.24) is 0 Å². The van der Waals surface area contributed by atoms with Gasteiger partial charge in [-0.25, -0.2) is 0 Å². The first-order valence-electron chi connectivity index (χ1n) is 4.26. The number of rotatable bonds is 1. The summed E-state index contributed by atoms with van der Waals surface area (Å²) in [6.07, 6.45) is 0. The van der Waals surface area contributed by atoms with Gasteiger partial charge in [0.05, 0.1) is 11.6 Å². The zero-order valence-electron chi connectivity index (χ0n) is 7.70. The topological polar surface area (TPSA) is 49.8 Å². The lowest BCUT2D eigenvalue weighted by atomic mass is 10.1. The van der Waals surface area contributed by atoms with Crippen LogP contribution in [0.5, 0.6) is 0 Å². The molecule has 0 aliphatic carbocycles. The second-order valence-electron chi connectivity index (χ2n) is 3.02. The number of hydrogen-bond donors (Lipinski definition) is 1. The molecule has 74 valence electrons. The quantitative estimate of drug-likeness (QED) is 0.748. The third-order valence-corrected chi connectivity index (χ3v) is 2.93. The Morgan fingerprint density at radius 2 is 2.07 bits per heavy atom. The number of anilines is 1. The lowest BCUT2D eigenvalue weighted by Gasteiger charge is -2.02. The zero-order chi connectivity index (χ0) is 10.8. The van der Waals surface area contributed by atoms with Gasteiger partial charge in [0.1, 0.15) is 0 Å². The highest BCUT2D eigenvalue weighted by Gasteiger charge is 2.06. The summed E-state index contributed by atoms with van der Waals surface area (Å²) in [7, 11) is 0. The van der Waals surface area contributed by atoms with Gasteiger partial charge in [0.2, 0.25) is 0 Å². The maximum absolute atomic E-state index is 12.8. The summed E-state index contributed by atoms with van der Waals surface area (Å²) in [5.74, 6) is 0. The van der Waals surface area contributed by atoms with Crippen molar-refractivity contribution >= 4 is 17.0 Å². The summed E-state index contributed by atoms with van der Waals surface area (Å²) < 4.78 is 12.8. The normalized spacial score (nSPS) is 9.87. The number of thiophene rings is 1. The molecule has 1 aromatic carbocycles. The van der Waals surface area contributed by atoms with Crippen LogP contribution >= 0.6 is 11.3 Å². The monoisotopic (exact) mass is 218 g/mol. The van der Waals surface area contributed by atoms with E-state index in [0.29, 0.717) is 11.3 Å². The van der Waals surface area contributed by atoms with E-state index >= 15 is 0 Å². The molecule has 4 heteroatoms. The Morgan fingerprint density at radius 3 is 2.60 bits per heavy atom. The van der Waals surface area contributed by atoms with Crippen molar-refractivity contribution in [3.63, 3.8) is 0 Å². The smallest absolute Gasteiger partial charge is 0.176 e. The number of nitriles is 1. The van der Waals surface area contributed by atoms with Crippen molar-refractivity contribution in [1.29, 1.82) is 5.26 Å². The molecular formula is C11H7FN2S. The summed E-state index contributed by atoms with van der Waals surface area (Å²) >= 11 is 1.04. The van der Waals surface area contributed by atoms with Crippen LogP contribution in [0.4, 0.5) is 10.1 Å². The summed E-state index contributed by atoms with van der Waals surface area (Å²) in [5.41, 5.74) is 7.54. The van der Waals surface area contributed by atoms with Crippen molar-refractivity contribution in [2.45, 2.75) is 0 Å². The van der Waals surface area contributed by atoms with E-state index in [0.717, 1.165) is 21.8 Å². The lowest BCUT2D eigenvalue weighted by Crippen LogP contribution is -1.89. The van der Waals surface area contributed by atoms with E-state index < -0.39 is 0 Å². The van der Waals surface area contributed by atoms with Gasteiger partial charge in [-0.1, -0.05) is 6.07 Å². The first-order valence-corrected chi connectivity index (χ1v) is 5.07. The molecule has 0 aliphatic rings. The van der Waals surface area contributed by atoms with Crippen LogP contribution in [0.3, 0.4) is 0 Å². The first kappa shape index (κ1) is 9.69. The fourth-order valence-electron chi connectivity index (χ4n) is 1.32. The van der Waals surface area contributed by atoms with Gasteiger partial charge in [0.25, 0.3) is 0 Å². The van der Waals surface area contributed by atoms with E-state index in [9.17, 15) is 4.39 Å². The highest BCUT2D eigenvalue weighted by molar-refractivity contribution is 7.13. The molecule has 0 radical (unpaired) electrons. The number of halogens is 1. The van der Waals surface area contributed by atoms with Crippen LogP contribution in [0.2, 0.25) is 0 Å². The van der Waals surface area contributed by atoms with Crippen molar-refractivity contribution in [2.75, 3.05) is 5.73 Å². The minimum Gasteiger partial charge on any atom is -0.398 e. The van der Waals surface area contributed by atoms with Crippen LogP contribution in [-0.4, -0.2) is 0 Å². The van der Waals surface area contributed by atoms with Gasteiger partial charge >= 0.3 is 0 Å². The Hall–Kier alpha value is -1.86. The van der Waals surface area contributed by atoms with Gasteiger partial charge in [0.15, 0.2) is 5.13 Å². The molecule has 2 N–H and O–H groups in total. The Morgan fingerprint density at radius 1 is 1.27 bits per heavy atom. The van der Waals surface area contributed by atoms with Gasteiger partial charge in [-0.15, -0.1) is 11.3 Å². The van der Waals surface area contributed by atoms with Gasteiger partial charge < -0.3 is 5.73 Å². The molecule has 0 unspecified atom stereocenters. The number of nitrogens with two attached hydrogens (primary N) is 1. The van der Waals surface area contributed by atoms with Crippen LogP contribution in [0.25, 0.3) is 10.4 Å². The van der Waals surface area contributed by atoms with Crippen molar-refractivity contribution in [3.8, 4) is 16.5 Å². The van der Waals surface area contributed by atoms with Gasteiger partial charge in [-0.05, 0) is 24.3 Å². The Balaban J connectivity index is 2.51. The molecule has 0 amide bonds. The molecule has 2 nitrogen and oxygen atoms in total. The maximum atomic E-state index is 12.8. The molecule has 0 saturated heterocycles. The molecule has 0 aliphatic heterocycles. The first-order chi connectivity index (χ1) is 7.20. The number of nitrogen functional groups attached to an aromatic ring is 1. The third kappa shape index (κ3) is 1.83. The molecular weight excluding hydrogens is 211 g/mol. The molecule has 0 spiro atoms. The average molecular weight is 218 g/mol. The highest BCUT2D eigenvalue weighted by Crippen LogP contribution is 2.31. The van der Waals surface area contributed by atoms with E-state index in [4.69, 9.17) is 11.0 Å². The third-order valence-electron chi connectivity index (χ3n) is 2.02. The molecule has 1 aromatic heterocycles. The Labute approximate surface area is 90.4 Å². The standard InChI is InChI=1S/C11H7FN2S/c12-11-4-3-10(15-11)8-2-1-7(6-13)5-9(8)14/h1-5H,14H2. The van der Waals surface area contributed by atoms with E-state index in [2.05, 4.69) is 0 Å². The average Bonchev–Trinajstić information content (AvgIpc) is 2.64. The predicted molar refractivity (Wildman–Crippen MR) is 58.8 cm³/mol. The Kier molecular flexibility index (Phi) is 2.40. The predicted octanol–water partition coefficient (Wildman–Crippen LogP) is 3.01. The fourth-order valence-corrected chi connectivity index (χ4v) is 2.09. The number of hydrogen-bond acceptors (Lipinski definition) is 3. The maximum Gasteiger partial charge on any atom is 0.176 e. The van der Waals surface area contributed by atoms with Crippen molar-refractivity contribution in [3.05, 3.63) is 41.0 Å². The molecule has 0 saturated carbocycles. The van der Waals surface area contributed by atoms with Crippen LogP contribution in [0.15, 0.2) is 30.3 Å². The largest absolute Gasteiger partial charge is 0.398 e. The minimum absolute atomic E-state index is 0.242. The molecule has 0 atom stereocenters. The Bertz CT molecular complexity index is 540. The van der Waals surface area contributed by atoms with E-state index in [1.54, 1.807) is 24.3 Å². The van der Waals surface area contributed by atoms with Crippen LogP contribution in [0.1, 0.15) is 5.56 Å². The zero-order valence-corrected chi connectivity index (χ0v) is 8.51. The van der Waals surface area contributed by atoms with Crippen molar-refractivity contribution < 1.29 is 4.39 Å². The molecule has 2 aromatic rings. The second-order valence-corrected chi connectivity index (χ2v) is 4.05. The summed E-state index contributed by atoms with van der Waals surface area (Å²) in [5, 5.41) is 8.42. The highest BCUT2D eigenvalue weighted by atomic mass is 32.1. The summed E-state index contributed by atoms with van der Waals surface area (Å²) in [6.45, 7) is 0.